The minimum absolute atomic E-state index is 0.00212. The Balaban J connectivity index is 1.44. The molecule has 2 unspecified atom stereocenters. The second kappa shape index (κ2) is 10.6. The largest absolute Gasteiger partial charge is 0.481 e. The Morgan fingerprint density at radius 1 is 1.18 bits per heavy atom. The van der Waals surface area contributed by atoms with Gasteiger partial charge in [-0.25, -0.2) is 4.68 Å². The number of aliphatic carboxylic acids is 1. The van der Waals surface area contributed by atoms with Crippen molar-refractivity contribution in [3.63, 3.8) is 0 Å². The number of benzene rings is 2. The number of rotatable bonds is 8. The summed E-state index contributed by atoms with van der Waals surface area (Å²) in [5.74, 6) is -0.852. The molecular weight excluding hydrogens is 525 g/mol. The minimum atomic E-state index is -4.47. The van der Waals surface area contributed by atoms with Gasteiger partial charge in [0.05, 0.1) is 41.4 Å². The summed E-state index contributed by atoms with van der Waals surface area (Å²) in [4.78, 5) is 11.9. The van der Waals surface area contributed by atoms with E-state index in [9.17, 15) is 28.2 Å². The predicted octanol–water partition coefficient (Wildman–Crippen LogP) is 5.48. The lowest BCUT2D eigenvalue weighted by Gasteiger charge is -2.30. The van der Waals surface area contributed by atoms with Crippen LogP contribution in [0.4, 0.5) is 13.2 Å². The van der Waals surface area contributed by atoms with E-state index in [-0.39, 0.29) is 36.4 Å². The molecule has 0 saturated carbocycles. The van der Waals surface area contributed by atoms with E-state index in [0.717, 1.165) is 23.3 Å². The fourth-order valence-corrected chi connectivity index (χ4v) is 4.93. The monoisotopic (exact) mass is 550 g/mol. The molecule has 11 heteroatoms. The van der Waals surface area contributed by atoms with Gasteiger partial charge in [0.2, 0.25) is 0 Å². The highest BCUT2D eigenvalue weighted by Crippen LogP contribution is 2.44. The van der Waals surface area contributed by atoms with Crippen LogP contribution in [0.2, 0.25) is 0 Å². The number of carboxylic acids is 1. The lowest BCUT2D eigenvalue weighted by atomic mass is 9.72. The van der Waals surface area contributed by atoms with Crippen molar-refractivity contribution in [1.82, 2.24) is 20.2 Å². The van der Waals surface area contributed by atoms with Crippen molar-refractivity contribution in [3.05, 3.63) is 118 Å². The van der Waals surface area contributed by atoms with E-state index >= 15 is 0 Å². The first-order valence-corrected chi connectivity index (χ1v) is 12.4. The minimum Gasteiger partial charge on any atom is -0.481 e. The third-order valence-corrected chi connectivity index (χ3v) is 6.91. The molecule has 0 spiro atoms. The maximum Gasteiger partial charge on any atom is 0.416 e. The van der Waals surface area contributed by atoms with Crippen LogP contribution in [-0.4, -0.2) is 36.3 Å². The van der Waals surface area contributed by atoms with Crippen LogP contribution >= 0.6 is 0 Å². The molecule has 206 valence electrons. The number of alkyl halides is 3. The van der Waals surface area contributed by atoms with Crippen LogP contribution in [0.1, 0.15) is 58.3 Å². The number of halogens is 3. The summed E-state index contributed by atoms with van der Waals surface area (Å²) in [6.07, 6.45) is 1.10. The summed E-state index contributed by atoms with van der Waals surface area (Å²) in [7, 11) is 0. The van der Waals surface area contributed by atoms with Gasteiger partial charge in [-0.3, -0.25) is 4.79 Å². The van der Waals surface area contributed by atoms with Gasteiger partial charge in [-0.15, -0.1) is 5.10 Å². The van der Waals surface area contributed by atoms with Crippen molar-refractivity contribution in [1.29, 1.82) is 0 Å². The topological polar surface area (TPSA) is 114 Å². The molecule has 1 aliphatic carbocycles. The number of nitrogens with zero attached hydrogens (tertiary/aromatic N) is 4. The second-order valence-electron chi connectivity index (χ2n) is 9.74. The Morgan fingerprint density at radius 3 is 2.62 bits per heavy atom. The normalized spacial score (nSPS) is 18.0. The molecule has 0 fully saturated rings. The van der Waals surface area contributed by atoms with Crippen LogP contribution in [0, 0.1) is 6.92 Å². The van der Waals surface area contributed by atoms with Crippen LogP contribution in [-0.2, 0) is 22.9 Å². The van der Waals surface area contributed by atoms with E-state index in [1.54, 1.807) is 13.0 Å². The van der Waals surface area contributed by atoms with Gasteiger partial charge in [0.25, 0.3) is 0 Å². The van der Waals surface area contributed by atoms with E-state index < -0.39 is 29.2 Å². The molecular formula is C29H25F3N4O4. The predicted molar refractivity (Wildman–Crippen MR) is 138 cm³/mol. The fourth-order valence-electron chi connectivity index (χ4n) is 4.93. The third kappa shape index (κ3) is 5.46. The van der Waals surface area contributed by atoms with Gasteiger partial charge in [0.15, 0.2) is 5.76 Å². The van der Waals surface area contributed by atoms with Gasteiger partial charge in [0, 0.05) is 0 Å². The smallest absolute Gasteiger partial charge is 0.416 e. The molecule has 0 saturated heterocycles. The molecule has 0 aliphatic heterocycles. The molecule has 8 nitrogen and oxygen atoms in total. The van der Waals surface area contributed by atoms with Gasteiger partial charge in [-0.1, -0.05) is 71.1 Å². The van der Waals surface area contributed by atoms with Crippen molar-refractivity contribution in [2.45, 2.75) is 44.0 Å². The first-order chi connectivity index (χ1) is 19.1. The third-order valence-electron chi connectivity index (χ3n) is 6.91. The van der Waals surface area contributed by atoms with Crippen molar-refractivity contribution < 1.29 is 32.7 Å². The summed E-state index contributed by atoms with van der Waals surface area (Å²) in [6, 6.07) is 14.5. The number of carbonyl (C=O) groups is 1. The molecule has 1 aliphatic rings. The van der Waals surface area contributed by atoms with Crippen LogP contribution < -0.4 is 0 Å². The Bertz CT molecular complexity index is 1590. The Morgan fingerprint density at radius 2 is 1.95 bits per heavy atom. The van der Waals surface area contributed by atoms with E-state index in [2.05, 4.69) is 15.5 Å². The molecule has 5 rings (SSSR count). The highest BCUT2D eigenvalue weighted by atomic mass is 19.4. The molecule has 40 heavy (non-hydrogen) atoms. The zero-order valence-corrected chi connectivity index (χ0v) is 21.3. The lowest BCUT2D eigenvalue weighted by molar-refractivity contribution is -0.139. The Hall–Kier alpha value is -4.51. The van der Waals surface area contributed by atoms with Crippen molar-refractivity contribution in [3.8, 4) is 0 Å². The summed E-state index contributed by atoms with van der Waals surface area (Å²) >= 11 is 0. The molecule has 2 aromatic carbocycles. The van der Waals surface area contributed by atoms with Crippen LogP contribution in [0.25, 0.3) is 5.57 Å². The SMILES string of the molecule is Cc1noc(C2(CC(=O)O)C=CC(c3ccccc3)=CC2)c1C(O)c1cn(Cc2cccc(C(F)(F)F)c2)nn1. The van der Waals surface area contributed by atoms with Crippen molar-refractivity contribution in [2.75, 3.05) is 0 Å². The molecule has 0 radical (unpaired) electrons. The summed E-state index contributed by atoms with van der Waals surface area (Å²) < 4.78 is 46.3. The van der Waals surface area contributed by atoms with E-state index in [1.807, 2.05) is 42.5 Å². The molecule has 2 atom stereocenters. The average molecular weight is 551 g/mol. The first kappa shape index (κ1) is 27.1. The molecule has 2 heterocycles. The van der Waals surface area contributed by atoms with E-state index in [1.165, 1.54) is 23.0 Å². The van der Waals surface area contributed by atoms with Gasteiger partial charge in [-0.05, 0) is 42.2 Å². The number of aryl methyl sites for hydroxylation is 1. The Kier molecular flexibility index (Phi) is 7.16. The number of allylic oxidation sites excluding steroid dienone is 4. The molecule has 4 aromatic rings. The Labute approximate surface area is 227 Å². The summed E-state index contributed by atoms with van der Waals surface area (Å²) in [6.45, 7) is 1.63. The molecule has 0 amide bonds. The van der Waals surface area contributed by atoms with E-state index in [4.69, 9.17) is 4.52 Å². The highest BCUT2D eigenvalue weighted by molar-refractivity contribution is 5.77. The summed E-state index contributed by atoms with van der Waals surface area (Å²) in [5.41, 5.74) is 1.12. The summed E-state index contributed by atoms with van der Waals surface area (Å²) in [5, 5.41) is 33.1. The number of aliphatic hydroxyl groups is 1. The van der Waals surface area contributed by atoms with Crippen molar-refractivity contribution in [2.24, 2.45) is 0 Å². The number of carboxylic acid groups (broad SMARTS) is 1. The number of aromatic nitrogens is 4. The van der Waals surface area contributed by atoms with Crippen molar-refractivity contribution >= 4 is 11.5 Å². The molecule has 2 N–H and O–H groups in total. The van der Waals surface area contributed by atoms with Crippen LogP contribution in [0.3, 0.4) is 0 Å². The average Bonchev–Trinajstić information content (AvgIpc) is 3.55. The number of aliphatic hydroxyl groups excluding tert-OH is 1. The second-order valence-corrected chi connectivity index (χ2v) is 9.74. The lowest BCUT2D eigenvalue weighted by Crippen LogP contribution is -2.29. The first-order valence-electron chi connectivity index (χ1n) is 12.4. The molecule has 0 bridgehead atoms. The maximum absolute atomic E-state index is 13.1. The highest BCUT2D eigenvalue weighted by Gasteiger charge is 2.42. The van der Waals surface area contributed by atoms with Gasteiger partial charge < -0.3 is 14.7 Å². The molecule has 2 aromatic heterocycles. The zero-order valence-electron chi connectivity index (χ0n) is 21.3. The van der Waals surface area contributed by atoms with Crippen LogP contribution in [0.15, 0.2) is 83.5 Å². The maximum atomic E-state index is 13.1. The number of hydrogen-bond acceptors (Lipinski definition) is 6. The van der Waals surface area contributed by atoms with E-state index in [0.29, 0.717) is 11.3 Å². The van der Waals surface area contributed by atoms with Gasteiger partial charge in [0.1, 0.15) is 11.8 Å². The van der Waals surface area contributed by atoms with Crippen LogP contribution in [0.5, 0.6) is 0 Å². The standard InChI is InChI=1S/C29H25F3N4O4/c1-18-25(26(39)23-17-36(35-33-23)16-19-6-5-9-22(14-19)29(30,31)32)27(40-34-18)28(15-24(37)38)12-10-21(11-13-28)20-7-3-2-4-8-20/h2-12,14,17,26,39H,13,15-16H2,1H3,(H,37,38). The van der Waals surface area contributed by atoms with Gasteiger partial charge in [-0.2, -0.15) is 13.2 Å². The zero-order chi connectivity index (χ0) is 28.5. The fraction of sp³-hybridized carbons (Fsp3) is 0.241. The van der Waals surface area contributed by atoms with Gasteiger partial charge >= 0.3 is 12.1 Å². The number of hydrogen-bond donors (Lipinski definition) is 2. The quantitative estimate of drug-likeness (QED) is 0.299.